The topological polar surface area (TPSA) is 0 Å². The van der Waals surface area contributed by atoms with Crippen LogP contribution in [0.25, 0.3) is 0 Å². The summed E-state index contributed by atoms with van der Waals surface area (Å²) in [5.41, 5.74) is 0. The summed E-state index contributed by atoms with van der Waals surface area (Å²) in [6.07, 6.45) is 0. The van der Waals surface area contributed by atoms with E-state index < -0.39 is 0 Å². The minimum atomic E-state index is 1.40. The molecule has 0 fully saturated rings. The Morgan fingerprint density at radius 2 is 2.29 bits per heavy atom. The van der Waals surface area contributed by atoms with Crippen LogP contribution in [-0.2, 0) is 0 Å². The number of aryl methyl sites for hydroxylation is 1. The summed E-state index contributed by atoms with van der Waals surface area (Å²) >= 11 is 1.84. The molecule has 0 unspecified atom stereocenters. The van der Waals surface area contributed by atoms with Crippen LogP contribution in [0.15, 0.2) is 12.1 Å². The van der Waals surface area contributed by atoms with Crippen LogP contribution < -0.4 is 4.78 Å². The van der Waals surface area contributed by atoms with E-state index in [0.29, 0.717) is 0 Å². The average Bonchev–Trinajstić information content (AvgIpc) is 1.87. The van der Waals surface area contributed by atoms with E-state index in [0.717, 1.165) is 0 Å². The highest BCUT2D eigenvalue weighted by Gasteiger charge is 1.84. The predicted molar refractivity (Wildman–Crippen MR) is 37.2 cm³/mol. The number of hydrogen-bond acceptors (Lipinski definition) is 1. The van der Waals surface area contributed by atoms with Gasteiger partial charge in [-0.3, -0.25) is 0 Å². The first kappa shape index (κ1) is 4.91. The minimum absolute atomic E-state index is 1.40. The van der Waals surface area contributed by atoms with Crippen LogP contribution >= 0.6 is 11.3 Å². The fourth-order valence-electron chi connectivity index (χ4n) is 0.557. The van der Waals surface area contributed by atoms with Gasteiger partial charge in [0.1, 0.15) is 0 Å². The van der Waals surface area contributed by atoms with E-state index in [1.165, 1.54) is 9.65 Å². The van der Waals surface area contributed by atoms with Crippen molar-refractivity contribution >= 4 is 24.0 Å². The first-order chi connectivity index (χ1) is 3.29. The molecule has 0 spiro atoms. The number of rotatable bonds is 0. The molecule has 1 aromatic heterocycles. The van der Waals surface area contributed by atoms with Gasteiger partial charge in [-0.1, -0.05) is 6.07 Å². The van der Waals surface area contributed by atoms with Crippen LogP contribution in [0.2, 0.25) is 0 Å². The van der Waals surface area contributed by atoms with Gasteiger partial charge in [-0.2, -0.15) is 11.3 Å². The van der Waals surface area contributed by atoms with Crippen LogP contribution in [0, 0.1) is 6.92 Å². The first-order valence-electron chi connectivity index (χ1n) is 2.32. The summed E-state index contributed by atoms with van der Waals surface area (Å²) < 4.78 is 1.40. The molecule has 0 radical (unpaired) electrons. The fourth-order valence-corrected chi connectivity index (χ4v) is 1.34. The van der Waals surface area contributed by atoms with E-state index >= 15 is 0 Å². The maximum absolute atomic E-state index is 2.14. The summed E-state index contributed by atoms with van der Waals surface area (Å²) in [5.74, 6) is 0. The zero-order chi connectivity index (χ0) is 5.28. The van der Waals surface area contributed by atoms with Gasteiger partial charge < -0.3 is 0 Å². The molecule has 0 aliphatic rings. The smallest absolute Gasteiger partial charge is 0.152 e. The molecule has 2 heteroatoms. The van der Waals surface area contributed by atoms with Crippen molar-refractivity contribution in [2.75, 3.05) is 0 Å². The second-order valence-electron chi connectivity index (χ2n) is 1.66. The molecule has 0 aliphatic carbocycles. The molecule has 0 aliphatic heterocycles. The molecule has 0 N–H and O–H groups in total. The first-order valence-corrected chi connectivity index (χ1v) is 3.14. The van der Waals surface area contributed by atoms with E-state index in [4.69, 9.17) is 0 Å². The Balaban J connectivity index is 3.04. The molecule has 1 rings (SSSR count). The van der Waals surface area contributed by atoms with E-state index in [2.05, 4.69) is 26.9 Å². The second-order valence-corrected chi connectivity index (χ2v) is 3.15. The summed E-state index contributed by atoms with van der Waals surface area (Å²) in [7, 11) is 2.12. The van der Waals surface area contributed by atoms with Crippen molar-refractivity contribution < 1.29 is 0 Å². The Kier molecular flexibility index (Phi) is 1.20. The van der Waals surface area contributed by atoms with Crippen molar-refractivity contribution in [2.24, 2.45) is 0 Å². The Bertz CT molecular complexity index is 140. The molecule has 0 saturated carbocycles. The third-order valence-electron chi connectivity index (χ3n) is 0.875. The molecular weight excluding hydrogens is 103 g/mol. The van der Waals surface area contributed by atoms with Crippen LogP contribution in [0.1, 0.15) is 4.88 Å². The van der Waals surface area contributed by atoms with Gasteiger partial charge in [0.15, 0.2) is 7.85 Å². The monoisotopic (exact) mass is 110 g/mol. The van der Waals surface area contributed by atoms with E-state index in [1.807, 2.05) is 11.3 Å². The Hall–Kier alpha value is -0.235. The quantitative estimate of drug-likeness (QED) is 0.422. The molecule has 0 bridgehead atoms. The molecule has 7 heavy (non-hydrogen) atoms. The van der Waals surface area contributed by atoms with Crippen molar-refractivity contribution in [3.05, 3.63) is 17.0 Å². The lowest BCUT2D eigenvalue weighted by molar-refractivity contribution is 1.64. The van der Waals surface area contributed by atoms with Gasteiger partial charge in [-0.05, 0) is 17.8 Å². The van der Waals surface area contributed by atoms with Gasteiger partial charge in [-0.15, -0.1) is 0 Å². The molecule has 0 atom stereocenters. The van der Waals surface area contributed by atoms with Gasteiger partial charge >= 0.3 is 0 Å². The highest BCUT2D eigenvalue weighted by molar-refractivity contribution is 7.19. The van der Waals surface area contributed by atoms with Gasteiger partial charge in [0.2, 0.25) is 0 Å². The number of thiophene rings is 1. The average molecular weight is 110 g/mol. The SMILES string of the molecule is Bc1ccc(C)s1. The maximum Gasteiger partial charge on any atom is 0.152 e. The predicted octanol–water partition coefficient (Wildman–Crippen LogP) is 0.315. The van der Waals surface area contributed by atoms with Crippen molar-refractivity contribution in [1.82, 2.24) is 0 Å². The lowest BCUT2D eigenvalue weighted by atomic mass is 10.1. The molecule has 1 heterocycles. The summed E-state index contributed by atoms with van der Waals surface area (Å²) in [6, 6.07) is 4.28. The zero-order valence-electron chi connectivity index (χ0n) is 4.56. The highest BCUT2D eigenvalue weighted by atomic mass is 32.1. The standard InChI is InChI=1S/C5H7BS/c1-4-2-3-5(6)7-4/h2-3H,6H2,1H3. The molecule has 0 nitrogen and oxygen atoms in total. The van der Waals surface area contributed by atoms with E-state index in [-0.39, 0.29) is 0 Å². The molecular formula is C5H7BS. The van der Waals surface area contributed by atoms with Gasteiger partial charge in [0, 0.05) is 4.88 Å². The number of hydrogen-bond donors (Lipinski definition) is 0. The van der Waals surface area contributed by atoms with Crippen LogP contribution in [0.3, 0.4) is 0 Å². The third kappa shape index (κ3) is 1.06. The van der Waals surface area contributed by atoms with Crippen LogP contribution in [0.5, 0.6) is 0 Å². The lowest BCUT2D eigenvalue weighted by Crippen LogP contribution is -1.88. The van der Waals surface area contributed by atoms with Crippen molar-refractivity contribution in [3.8, 4) is 0 Å². The normalized spacial score (nSPS) is 9.29. The van der Waals surface area contributed by atoms with Crippen LogP contribution in [-0.4, -0.2) is 7.85 Å². The van der Waals surface area contributed by atoms with E-state index in [1.54, 1.807) is 0 Å². The third-order valence-corrected chi connectivity index (χ3v) is 1.79. The summed E-state index contributed by atoms with van der Waals surface area (Å²) in [5, 5.41) is 0. The van der Waals surface area contributed by atoms with Crippen molar-refractivity contribution in [2.45, 2.75) is 6.92 Å². The molecule has 1 aromatic rings. The van der Waals surface area contributed by atoms with E-state index in [9.17, 15) is 0 Å². The van der Waals surface area contributed by atoms with Gasteiger partial charge in [0.25, 0.3) is 0 Å². The zero-order valence-corrected chi connectivity index (χ0v) is 5.38. The molecule has 0 saturated heterocycles. The van der Waals surface area contributed by atoms with Crippen molar-refractivity contribution in [1.29, 1.82) is 0 Å². The maximum atomic E-state index is 2.14. The second kappa shape index (κ2) is 1.70. The fraction of sp³-hybridized carbons (Fsp3) is 0.200. The molecule has 36 valence electrons. The molecule has 0 aromatic carbocycles. The largest absolute Gasteiger partial charge is 0.157 e. The molecule has 0 amide bonds. The van der Waals surface area contributed by atoms with Gasteiger partial charge in [-0.25, -0.2) is 0 Å². The Labute approximate surface area is 48.6 Å². The highest BCUT2D eigenvalue weighted by Crippen LogP contribution is 2.00. The summed E-state index contributed by atoms with van der Waals surface area (Å²) in [6.45, 7) is 2.12. The van der Waals surface area contributed by atoms with Gasteiger partial charge in [0.05, 0.1) is 0 Å². The Morgan fingerprint density at radius 3 is 2.43 bits per heavy atom. The van der Waals surface area contributed by atoms with Crippen LogP contribution in [0.4, 0.5) is 0 Å². The lowest BCUT2D eigenvalue weighted by Gasteiger charge is -1.71. The van der Waals surface area contributed by atoms with Crippen molar-refractivity contribution in [3.63, 3.8) is 0 Å². The minimum Gasteiger partial charge on any atom is -0.157 e. The summed E-state index contributed by atoms with van der Waals surface area (Å²) in [4.78, 5) is 1.40. The Morgan fingerprint density at radius 1 is 1.57 bits per heavy atom.